The van der Waals surface area contributed by atoms with E-state index in [-0.39, 0.29) is 30.2 Å². The molecule has 2 amide bonds. The molecule has 7 nitrogen and oxygen atoms in total. The van der Waals surface area contributed by atoms with Gasteiger partial charge in [0.15, 0.2) is 0 Å². The second kappa shape index (κ2) is 6.29. The van der Waals surface area contributed by atoms with Crippen molar-refractivity contribution in [1.82, 2.24) is 15.2 Å². The predicted molar refractivity (Wildman–Crippen MR) is 88.6 cm³/mol. The molecule has 1 unspecified atom stereocenters. The number of nitrogens with one attached hydrogen (secondary N) is 1. The van der Waals surface area contributed by atoms with Crippen molar-refractivity contribution in [2.75, 3.05) is 31.6 Å². The Hall–Kier alpha value is -2.33. The van der Waals surface area contributed by atoms with Gasteiger partial charge in [-0.05, 0) is 13.0 Å². The maximum Gasteiger partial charge on any atom is 0.225 e. The molecular weight excluding hydrogens is 330 g/mol. The Morgan fingerprint density at radius 2 is 2.17 bits per heavy atom. The first-order valence-corrected chi connectivity index (χ1v) is 8.15. The number of aromatic nitrogens is 1. The van der Waals surface area contributed by atoms with Gasteiger partial charge in [-0.25, -0.2) is 4.98 Å². The Balaban J connectivity index is 1.66. The number of hydrogen-bond donors (Lipinski definition) is 1. The fourth-order valence-corrected chi connectivity index (χ4v) is 3.46. The van der Waals surface area contributed by atoms with Crippen LogP contribution in [0.2, 0.25) is 5.02 Å². The lowest BCUT2D eigenvalue weighted by molar-refractivity contribution is -0.130. The van der Waals surface area contributed by atoms with E-state index in [9.17, 15) is 9.59 Å². The zero-order valence-electron chi connectivity index (χ0n) is 13.5. The van der Waals surface area contributed by atoms with Gasteiger partial charge in [0.2, 0.25) is 11.8 Å². The van der Waals surface area contributed by atoms with Crippen molar-refractivity contribution in [3.8, 4) is 6.07 Å². The summed E-state index contributed by atoms with van der Waals surface area (Å²) in [6, 6.07) is 3.75. The standard InChI is InChI=1S/C16H18ClN5O2/c1-9-10(5-18)3-13(17)15(20-9)21-7-12(8-21)22-6-11(4-14(22)23)16(24)19-2/h3,11-12H,4,6-8H2,1-2H3,(H,19,24). The molecular formula is C16H18ClN5O2. The lowest BCUT2D eigenvalue weighted by Crippen LogP contribution is -2.60. The van der Waals surface area contributed by atoms with E-state index in [4.69, 9.17) is 16.9 Å². The van der Waals surface area contributed by atoms with Crippen LogP contribution in [0.4, 0.5) is 5.82 Å². The van der Waals surface area contributed by atoms with Crippen molar-refractivity contribution in [3.63, 3.8) is 0 Å². The maximum atomic E-state index is 12.1. The SMILES string of the molecule is CNC(=O)C1CC(=O)N(C2CN(c3nc(C)c(C#N)cc3Cl)C2)C1. The molecule has 2 aliphatic heterocycles. The summed E-state index contributed by atoms with van der Waals surface area (Å²) in [5, 5.41) is 12.0. The average molecular weight is 348 g/mol. The summed E-state index contributed by atoms with van der Waals surface area (Å²) in [5.74, 6) is 0.298. The Bertz CT molecular complexity index is 739. The summed E-state index contributed by atoms with van der Waals surface area (Å²) in [4.78, 5) is 32.0. The number of hydrogen-bond acceptors (Lipinski definition) is 5. The number of halogens is 1. The molecule has 2 fully saturated rings. The molecule has 24 heavy (non-hydrogen) atoms. The smallest absolute Gasteiger partial charge is 0.225 e. The van der Waals surface area contributed by atoms with Crippen LogP contribution in [0.3, 0.4) is 0 Å². The zero-order valence-corrected chi connectivity index (χ0v) is 14.3. The molecule has 1 atom stereocenters. The van der Waals surface area contributed by atoms with Crippen LogP contribution in [0.1, 0.15) is 17.7 Å². The van der Waals surface area contributed by atoms with E-state index in [0.717, 1.165) is 0 Å². The average Bonchev–Trinajstić information content (AvgIpc) is 2.90. The number of nitrogens with zero attached hydrogens (tertiary/aromatic N) is 4. The molecule has 3 rings (SSSR count). The van der Waals surface area contributed by atoms with Gasteiger partial charge in [0.25, 0.3) is 0 Å². The maximum absolute atomic E-state index is 12.1. The summed E-state index contributed by atoms with van der Waals surface area (Å²) in [5.41, 5.74) is 1.10. The van der Waals surface area contributed by atoms with Gasteiger partial charge in [-0.2, -0.15) is 5.26 Å². The van der Waals surface area contributed by atoms with Gasteiger partial charge in [-0.1, -0.05) is 11.6 Å². The second-order valence-electron chi connectivity index (χ2n) is 6.16. The predicted octanol–water partition coefficient (Wildman–Crippen LogP) is 0.698. The number of likely N-dealkylation sites (tertiary alicyclic amines) is 1. The molecule has 0 aromatic carbocycles. The molecule has 2 aliphatic rings. The van der Waals surface area contributed by atoms with Crippen LogP contribution in [0, 0.1) is 24.2 Å². The van der Waals surface area contributed by atoms with E-state index >= 15 is 0 Å². The molecule has 0 bridgehead atoms. The quantitative estimate of drug-likeness (QED) is 0.869. The van der Waals surface area contributed by atoms with Gasteiger partial charge < -0.3 is 15.1 Å². The van der Waals surface area contributed by atoms with E-state index in [1.54, 1.807) is 24.9 Å². The number of amides is 2. The minimum atomic E-state index is -0.268. The molecule has 126 valence electrons. The van der Waals surface area contributed by atoms with Crippen LogP contribution in [-0.2, 0) is 9.59 Å². The Morgan fingerprint density at radius 3 is 2.79 bits per heavy atom. The molecule has 1 N–H and O–H groups in total. The number of pyridine rings is 1. The third-order valence-corrected chi connectivity index (χ3v) is 4.92. The van der Waals surface area contributed by atoms with Crippen LogP contribution < -0.4 is 10.2 Å². The van der Waals surface area contributed by atoms with E-state index in [2.05, 4.69) is 16.4 Å². The normalized spacial score (nSPS) is 20.8. The lowest BCUT2D eigenvalue weighted by Gasteiger charge is -2.45. The van der Waals surface area contributed by atoms with Gasteiger partial charge in [0.05, 0.1) is 28.2 Å². The van der Waals surface area contributed by atoms with E-state index in [0.29, 0.717) is 41.7 Å². The molecule has 0 spiro atoms. The van der Waals surface area contributed by atoms with Crippen molar-refractivity contribution in [2.24, 2.45) is 5.92 Å². The summed E-state index contributed by atoms with van der Waals surface area (Å²) in [6.45, 7) is 3.49. The van der Waals surface area contributed by atoms with Crippen molar-refractivity contribution >= 4 is 29.2 Å². The number of rotatable bonds is 3. The fraction of sp³-hybridized carbons (Fsp3) is 0.500. The number of carbonyl (C=O) groups is 2. The fourth-order valence-electron chi connectivity index (χ4n) is 3.19. The van der Waals surface area contributed by atoms with Gasteiger partial charge in [-0.3, -0.25) is 9.59 Å². The Morgan fingerprint density at radius 1 is 1.46 bits per heavy atom. The van der Waals surface area contributed by atoms with E-state index in [1.165, 1.54) is 0 Å². The lowest BCUT2D eigenvalue weighted by atomic mass is 10.1. The Labute approximate surface area is 145 Å². The van der Waals surface area contributed by atoms with E-state index < -0.39 is 0 Å². The van der Waals surface area contributed by atoms with Crippen LogP contribution >= 0.6 is 11.6 Å². The van der Waals surface area contributed by atoms with Gasteiger partial charge in [-0.15, -0.1) is 0 Å². The third kappa shape index (κ3) is 2.78. The van der Waals surface area contributed by atoms with Gasteiger partial charge >= 0.3 is 0 Å². The van der Waals surface area contributed by atoms with Crippen molar-refractivity contribution in [1.29, 1.82) is 5.26 Å². The minimum Gasteiger partial charge on any atom is -0.359 e. The zero-order chi connectivity index (χ0) is 17.4. The van der Waals surface area contributed by atoms with Crippen LogP contribution in [-0.4, -0.2) is 54.4 Å². The van der Waals surface area contributed by atoms with Crippen LogP contribution in [0.15, 0.2) is 6.07 Å². The largest absolute Gasteiger partial charge is 0.359 e. The van der Waals surface area contributed by atoms with Gasteiger partial charge in [0, 0.05) is 33.1 Å². The molecule has 0 radical (unpaired) electrons. The summed E-state index contributed by atoms with van der Waals surface area (Å²) >= 11 is 6.22. The highest BCUT2D eigenvalue weighted by Gasteiger charge is 2.42. The topological polar surface area (TPSA) is 89.3 Å². The summed E-state index contributed by atoms with van der Waals surface area (Å²) in [7, 11) is 1.58. The van der Waals surface area contributed by atoms with Crippen molar-refractivity contribution in [2.45, 2.75) is 19.4 Å². The Kier molecular flexibility index (Phi) is 4.33. The molecule has 2 saturated heterocycles. The molecule has 0 aliphatic carbocycles. The first-order valence-electron chi connectivity index (χ1n) is 7.77. The van der Waals surface area contributed by atoms with Crippen LogP contribution in [0.5, 0.6) is 0 Å². The summed E-state index contributed by atoms with van der Waals surface area (Å²) < 4.78 is 0. The number of nitriles is 1. The molecule has 3 heterocycles. The second-order valence-corrected chi connectivity index (χ2v) is 6.57. The molecule has 1 aromatic heterocycles. The third-order valence-electron chi connectivity index (χ3n) is 4.65. The minimum absolute atomic E-state index is 0.0170. The van der Waals surface area contributed by atoms with Gasteiger partial charge in [0.1, 0.15) is 11.9 Å². The number of anilines is 1. The van der Waals surface area contributed by atoms with Crippen LogP contribution in [0.25, 0.3) is 0 Å². The molecule has 0 saturated carbocycles. The highest BCUT2D eigenvalue weighted by atomic mass is 35.5. The first-order chi connectivity index (χ1) is 11.4. The number of carbonyl (C=O) groups excluding carboxylic acids is 2. The highest BCUT2D eigenvalue weighted by molar-refractivity contribution is 6.33. The molecule has 8 heteroatoms. The summed E-state index contributed by atoms with van der Waals surface area (Å²) in [6.07, 6.45) is 0.269. The van der Waals surface area contributed by atoms with Crippen molar-refractivity contribution in [3.05, 3.63) is 22.3 Å². The van der Waals surface area contributed by atoms with E-state index in [1.807, 2.05) is 4.90 Å². The highest BCUT2D eigenvalue weighted by Crippen LogP contribution is 2.32. The number of aryl methyl sites for hydroxylation is 1. The first kappa shape index (κ1) is 16.5. The monoisotopic (exact) mass is 347 g/mol. The van der Waals surface area contributed by atoms with Crippen molar-refractivity contribution < 1.29 is 9.59 Å². The molecule has 1 aromatic rings.